The van der Waals surface area contributed by atoms with Gasteiger partial charge in [0, 0.05) is 13.1 Å². The first-order valence-electron chi connectivity index (χ1n) is 6.92. The monoisotopic (exact) mass is 262 g/mol. The number of nitrogens with two attached hydrogens (primary N) is 1. The third-order valence-electron chi connectivity index (χ3n) is 3.56. The molecule has 1 aromatic heterocycles. The van der Waals surface area contributed by atoms with Crippen LogP contribution in [0.25, 0.3) is 0 Å². The number of hydrogen-bond donors (Lipinski definition) is 2. The van der Waals surface area contributed by atoms with Crippen LogP contribution in [0.15, 0.2) is 11.6 Å². The molecular weight excluding hydrogens is 240 g/mol. The first kappa shape index (κ1) is 13.6. The summed E-state index contributed by atoms with van der Waals surface area (Å²) in [6.45, 7) is 5.08. The van der Waals surface area contributed by atoms with E-state index in [2.05, 4.69) is 16.5 Å². The quantitative estimate of drug-likeness (QED) is 0.797. The molecule has 1 amide bonds. The summed E-state index contributed by atoms with van der Waals surface area (Å²) in [5.41, 5.74) is 9.06. The molecule has 0 bridgehead atoms. The first-order valence-corrected chi connectivity index (χ1v) is 6.92. The summed E-state index contributed by atoms with van der Waals surface area (Å²) < 4.78 is 1.66. The van der Waals surface area contributed by atoms with Crippen molar-refractivity contribution in [2.24, 2.45) is 0 Å². The summed E-state index contributed by atoms with van der Waals surface area (Å²) in [7, 11) is 0. The fourth-order valence-electron chi connectivity index (χ4n) is 2.45. The van der Waals surface area contributed by atoms with Gasteiger partial charge in [0.1, 0.15) is 5.69 Å². The number of hydrogen-bond acceptors (Lipinski definition) is 3. The summed E-state index contributed by atoms with van der Waals surface area (Å²) in [6.07, 6.45) is 6.81. The molecule has 19 heavy (non-hydrogen) atoms. The van der Waals surface area contributed by atoms with Gasteiger partial charge < -0.3 is 11.1 Å². The van der Waals surface area contributed by atoms with Crippen LogP contribution in [0.5, 0.6) is 0 Å². The lowest BCUT2D eigenvalue weighted by molar-refractivity contribution is 0.0944. The summed E-state index contributed by atoms with van der Waals surface area (Å²) in [5, 5.41) is 7.19. The predicted octanol–water partition coefficient (Wildman–Crippen LogP) is 2.02. The Kier molecular flexibility index (Phi) is 4.24. The second-order valence-corrected chi connectivity index (χ2v) is 4.92. The lowest BCUT2D eigenvalue weighted by Crippen LogP contribution is -2.28. The average molecular weight is 262 g/mol. The zero-order valence-corrected chi connectivity index (χ0v) is 11.7. The van der Waals surface area contributed by atoms with E-state index in [1.54, 1.807) is 4.68 Å². The van der Waals surface area contributed by atoms with Gasteiger partial charge in [-0.2, -0.15) is 5.10 Å². The van der Waals surface area contributed by atoms with E-state index in [0.29, 0.717) is 30.2 Å². The maximum atomic E-state index is 12.2. The van der Waals surface area contributed by atoms with Gasteiger partial charge in [0.05, 0.1) is 11.4 Å². The molecule has 5 heteroatoms. The van der Waals surface area contributed by atoms with Gasteiger partial charge in [-0.15, -0.1) is 0 Å². The minimum Gasteiger partial charge on any atom is -0.395 e. The molecule has 0 unspecified atom stereocenters. The Morgan fingerprint density at radius 1 is 1.58 bits per heavy atom. The van der Waals surface area contributed by atoms with Gasteiger partial charge in [-0.3, -0.25) is 9.48 Å². The molecule has 3 N–H and O–H groups in total. The zero-order chi connectivity index (χ0) is 13.8. The van der Waals surface area contributed by atoms with Gasteiger partial charge in [0.2, 0.25) is 0 Å². The third kappa shape index (κ3) is 2.97. The highest BCUT2D eigenvalue weighted by molar-refractivity contribution is 5.97. The highest BCUT2D eigenvalue weighted by atomic mass is 16.2. The second-order valence-electron chi connectivity index (χ2n) is 4.92. The van der Waals surface area contributed by atoms with E-state index in [0.717, 1.165) is 6.42 Å². The molecule has 2 rings (SSSR count). The van der Waals surface area contributed by atoms with Gasteiger partial charge in [-0.1, -0.05) is 11.6 Å². The smallest absolute Gasteiger partial charge is 0.271 e. The molecule has 0 aromatic carbocycles. The summed E-state index contributed by atoms with van der Waals surface area (Å²) in [6, 6.07) is 0. The van der Waals surface area contributed by atoms with E-state index < -0.39 is 0 Å². The number of nitrogens with zero attached hydrogens (tertiary/aromatic N) is 2. The van der Waals surface area contributed by atoms with Crippen molar-refractivity contribution in [2.75, 3.05) is 12.3 Å². The van der Waals surface area contributed by atoms with Gasteiger partial charge in [0.15, 0.2) is 0 Å². The van der Waals surface area contributed by atoms with Crippen LogP contribution < -0.4 is 11.1 Å². The standard InChI is InChI=1S/C14H22N4O/c1-3-18-13(12(15)10(2)17-18)14(19)16-9-8-11-6-4-5-7-11/h6H,3-5,7-9,15H2,1-2H3,(H,16,19). The van der Waals surface area contributed by atoms with Crippen LogP contribution in [0, 0.1) is 6.92 Å². The number of anilines is 1. The van der Waals surface area contributed by atoms with Crippen LogP contribution in [-0.4, -0.2) is 22.2 Å². The van der Waals surface area contributed by atoms with E-state index in [1.165, 1.54) is 24.8 Å². The Hall–Kier alpha value is -1.78. The largest absolute Gasteiger partial charge is 0.395 e. The van der Waals surface area contributed by atoms with Crippen LogP contribution in [0.4, 0.5) is 5.69 Å². The van der Waals surface area contributed by atoms with Gasteiger partial charge >= 0.3 is 0 Å². The van der Waals surface area contributed by atoms with Crippen molar-refractivity contribution in [1.82, 2.24) is 15.1 Å². The van der Waals surface area contributed by atoms with Crippen molar-refractivity contribution < 1.29 is 4.79 Å². The number of carbonyl (C=O) groups is 1. The van der Waals surface area contributed by atoms with E-state index in [9.17, 15) is 4.79 Å². The summed E-state index contributed by atoms with van der Waals surface area (Å²) in [5.74, 6) is -0.126. The molecular formula is C14H22N4O. The van der Waals surface area contributed by atoms with Crippen molar-refractivity contribution in [1.29, 1.82) is 0 Å². The maximum Gasteiger partial charge on any atom is 0.271 e. The minimum absolute atomic E-state index is 0.126. The zero-order valence-electron chi connectivity index (χ0n) is 11.7. The van der Waals surface area contributed by atoms with E-state index >= 15 is 0 Å². The molecule has 0 saturated carbocycles. The number of carbonyl (C=O) groups excluding carboxylic acids is 1. The van der Waals surface area contributed by atoms with Crippen molar-refractivity contribution in [2.45, 2.75) is 46.1 Å². The van der Waals surface area contributed by atoms with Crippen molar-refractivity contribution in [3.05, 3.63) is 23.0 Å². The maximum absolute atomic E-state index is 12.2. The number of nitrogen functional groups attached to an aromatic ring is 1. The molecule has 5 nitrogen and oxygen atoms in total. The molecule has 0 atom stereocenters. The highest BCUT2D eigenvalue weighted by Gasteiger charge is 2.18. The predicted molar refractivity (Wildman–Crippen MR) is 75.9 cm³/mol. The van der Waals surface area contributed by atoms with E-state index in [1.807, 2.05) is 13.8 Å². The van der Waals surface area contributed by atoms with Crippen molar-refractivity contribution >= 4 is 11.6 Å². The molecule has 1 aromatic rings. The Morgan fingerprint density at radius 2 is 2.37 bits per heavy atom. The van der Waals surface area contributed by atoms with Gasteiger partial charge in [0.25, 0.3) is 5.91 Å². The van der Waals surface area contributed by atoms with Gasteiger partial charge in [-0.25, -0.2) is 0 Å². The topological polar surface area (TPSA) is 72.9 Å². The van der Waals surface area contributed by atoms with Crippen LogP contribution in [0.3, 0.4) is 0 Å². The molecule has 0 fully saturated rings. The Labute approximate surface area is 113 Å². The van der Waals surface area contributed by atoms with Crippen LogP contribution in [0.1, 0.15) is 48.8 Å². The van der Waals surface area contributed by atoms with E-state index in [-0.39, 0.29) is 5.91 Å². The highest BCUT2D eigenvalue weighted by Crippen LogP contribution is 2.20. The van der Waals surface area contributed by atoms with Crippen molar-refractivity contribution in [3.8, 4) is 0 Å². The molecule has 104 valence electrons. The van der Waals surface area contributed by atoms with E-state index in [4.69, 9.17) is 5.73 Å². The molecule has 1 heterocycles. The molecule has 0 aliphatic heterocycles. The molecule has 1 aliphatic carbocycles. The van der Waals surface area contributed by atoms with Crippen LogP contribution in [0.2, 0.25) is 0 Å². The normalized spacial score (nSPS) is 14.5. The fraction of sp³-hybridized carbons (Fsp3) is 0.571. The average Bonchev–Trinajstić information content (AvgIpc) is 2.99. The molecule has 0 radical (unpaired) electrons. The second kappa shape index (κ2) is 5.91. The third-order valence-corrected chi connectivity index (χ3v) is 3.56. The molecule has 0 saturated heterocycles. The number of aryl methyl sites for hydroxylation is 2. The number of allylic oxidation sites excluding steroid dienone is 1. The van der Waals surface area contributed by atoms with Crippen LogP contribution >= 0.6 is 0 Å². The van der Waals surface area contributed by atoms with Crippen LogP contribution in [-0.2, 0) is 6.54 Å². The molecule has 0 spiro atoms. The van der Waals surface area contributed by atoms with Gasteiger partial charge in [-0.05, 0) is 39.5 Å². The first-order chi connectivity index (χ1) is 9.13. The Morgan fingerprint density at radius 3 is 3.00 bits per heavy atom. The fourth-order valence-corrected chi connectivity index (χ4v) is 2.45. The number of amides is 1. The number of nitrogens with one attached hydrogen (secondary N) is 1. The number of aromatic nitrogens is 2. The summed E-state index contributed by atoms with van der Waals surface area (Å²) >= 11 is 0. The lowest BCUT2D eigenvalue weighted by atomic mass is 10.1. The molecule has 1 aliphatic rings. The SMILES string of the molecule is CCn1nc(C)c(N)c1C(=O)NCCC1=CCCC1. The van der Waals surface area contributed by atoms with Crippen molar-refractivity contribution in [3.63, 3.8) is 0 Å². The Bertz CT molecular complexity index is 502. The Balaban J connectivity index is 1.95. The minimum atomic E-state index is -0.126. The lowest BCUT2D eigenvalue weighted by Gasteiger charge is -2.08. The summed E-state index contributed by atoms with van der Waals surface area (Å²) in [4.78, 5) is 12.2. The number of rotatable bonds is 5.